The average Bonchev–Trinajstić information content (AvgIpc) is 2.19. The highest BCUT2D eigenvalue weighted by molar-refractivity contribution is 5.92. The molecule has 0 spiro atoms. The molecule has 1 aromatic rings. The minimum Gasteiger partial charge on any atom is -0.297 e. The molecule has 0 unspecified atom stereocenters. The molecular formula is C13H15NO. The van der Waals surface area contributed by atoms with Crippen LogP contribution in [0.3, 0.4) is 0 Å². The third-order valence-corrected chi connectivity index (χ3v) is 2.26. The fourth-order valence-electron chi connectivity index (χ4n) is 1.36. The fourth-order valence-corrected chi connectivity index (χ4v) is 1.36. The Morgan fingerprint density at radius 3 is 2.20 bits per heavy atom. The highest BCUT2D eigenvalue weighted by atomic mass is 16.1. The van der Waals surface area contributed by atoms with Crippen molar-refractivity contribution in [2.45, 2.75) is 26.7 Å². The van der Waals surface area contributed by atoms with E-state index in [2.05, 4.69) is 6.07 Å². The highest BCUT2D eigenvalue weighted by Crippen LogP contribution is 2.26. The van der Waals surface area contributed by atoms with E-state index in [-0.39, 0.29) is 5.78 Å². The van der Waals surface area contributed by atoms with Gasteiger partial charge in [-0.2, -0.15) is 5.26 Å². The molecule has 15 heavy (non-hydrogen) atoms. The molecule has 0 aliphatic rings. The van der Waals surface area contributed by atoms with E-state index in [9.17, 15) is 4.79 Å². The lowest BCUT2D eigenvalue weighted by molar-refractivity contribution is -0.126. The van der Waals surface area contributed by atoms with Crippen molar-refractivity contribution in [1.82, 2.24) is 0 Å². The van der Waals surface area contributed by atoms with E-state index < -0.39 is 11.3 Å². The van der Waals surface area contributed by atoms with Crippen LogP contribution in [0, 0.1) is 16.7 Å². The van der Waals surface area contributed by atoms with E-state index in [4.69, 9.17) is 5.26 Å². The number of hydrogen-bond donors (Lipinski definition) is 0. The third-order valence-electron chi connectivity index (χ3n) is 2.26. The van der Waals surface area contributed by atoms with Crippen LogP contribution in [0.2, 0.25) is 0 Å². The van der Waals surface area contributed by atoms with Gasteiger partial charge in [0.2, 0.25) is 0 Å². The van der Waals surface area contributed by atoms with E-state index in [1.54, 1.807) is 0 Å². The van der Waals surface area contributed by atoms with Crippen LogP contribution in [-0.2, 0) is 4.79 Å². The first-order chi connectivity index (χ1) is 6.96. The van der Waals surface area contributed by atoms with E-state index in [1.807, 2.05) is 51.1 Å². The quantitative estimate of drug-likeness (QED) is 0.738. The summed E-state index contributed by atoms with van der Waals surface area (Å²) in [5, 5.41) is 9.04. The summed E-state index contributed by atoms with van der Waals surface area (Å²) in [5.74, 6) is -0.678. The molecule has 0 bridgehead atoms. The van der Waals surface area contributed by atoms with Gasteiger partial charge in [-0.3, -0.25) is 4.79 Å². The summed E-state index contributed by atoms with van der Waals surface area (Å²) < 4.78 is 0. The van der Waals surface area contributed by atoms with Crippen LogP contribution in [0.5, 0.6) is 0 Å². The van der Waals surface area contributed by atoms with Crippen molar-refractivity contribution in [3.63, 3.8) is 0 Å². The molecule has 78 valence electrons. The molecule has 1 aromatic carbocycles. The lowest BCUT2D eigenvalue weighted by Crippen LogP contribution is -2.26. The van der Waals surface area contributed by atoms with Crippen molar-refractivity contribution in [1.29, 1.82) is 5.26 Å². The standard InChI is InChI=1S/C13H15NO/c1-13(2,3)12(15)11(9-14)10-7-5-4-6-8-10/h4-8,11H,1-3H3/t11-/m0/s1. The zero-order valence-electron chi connectivity index (χ0n) is 9.32. The fraction of sp³-hybridized carbons (Fsp3) is 0.385. The Hall–Kier alpha value is -1.62. The number of nitrogens with zero attached hydrogens (tertiary/aromatic N) is 1. The zero-order valence-corrected chi connectivity index (χ0v) is 9.32. The van der Waals surface area contributed by atoms with Crippen molar-refractivity contribution in [3.8, 4) is 6.07 Å². The number of hydrogen-bond acceptors (Lipinski definition) is 2. The van der Waals surface area contributed by atoms with Gasteiger partial charge in [-0.25, -0.2) is 0 Å². The SMILES string of the molecule is CC(C)(C)C(=O)[C@@H](C#N)c1ccccc1. The number of nitriles is 1. The Labute approximate surface area is 90.5 Å². The van der Waals surface area contributed by atoms with Gasteiger partial charge in [-0.05, 0) is 5.56 Å². The molecule has 0 amide bonds. The molecule has 0 N–H and O–H groups in total. The van der Waals surface area contributed by atoms with Crippen molar-refractivity contribution in [3.05, 3.63) is 35.9 Å². The number of benzene rings is 1. The van der Waals surface area contributed by atoms with E-state index in [0.29, 0.717) is 0 Å². The van der Waals surface area contributed by atoms with Gasteiger partial charge in [-0.1, -0.05) is 51.1 Å². The van der Waals surface area contributed by atoms with Crippen LogP contribution in [0.25, 0.3) is 0 Å². The van der Waals surface area contributed by atoms with Crippen LogP contribution in [0.15, 0.2) is 30.3 Å². The summed E-state index contributed by atoms with van der Waals surface area (Å²) in [6.07, 6.45) is 0. The molecule has 0 saturated heterocycles. The Balaban J connectivity index is 3.03. The summed E-state index contributed by atoms with van der Waals surface area (Å²) in [6.45, 7) is 5.51. The molecule has 0 saturated carbocycles. The maximum absolute atomic E-state index is 12.0. The van der Waals surface area contributed by atoms with Gasteiger partial charge < -0.3 is 0 Å². The van der Waals surface area contributed by atoms with E-state index >= 15 is 0 Å². The molecule has 2 nitrogen and oxygen atoms in total. The van der Waals surface area contributed by atoms with E-state index in [0.717, 1.165) is 5.56 Å². The van der Waals surface area contributed by atoms with Crippen molar-refractivity contribution in [2.75, 3.05) is 0 Å². The van der Waals surface area contributed by atoms with Crippen molar-refractivity contribution < 1.29 is 4.79 Å². The lowest BCUT2D eigenvalue weighted by Gasteiger charge is -2.20. The molecule has 1 atom stereocenters. The number of Topliss-reactive ketones (excluding diaryl/α,β-unsaturated/α-hetero) is 1. The van der Waals surface area contributed by atoms with Gasteiger partial charge in [0.1, 0.15) is 5.92 Å². The predicted octanol–water partition coefficient (Wildman–Crippen LogP) is 2.91. The molecule has 0 radical (unpaired) electrons. The first kappa shape index (κ1) is 11.5. The molecule has 0 fully saturated rings. The molecule has 0 heterocycles. The first-order valence-electron chi connectivity index (χ1n) is 4.95. The molecule has 0 aliphatic heterocycles. The average molecular weight is 201 g/mol. The van der Waals surface area contributed by atoms with Crippen LogP contribution in [-0.4, -0.2) is 5.78 Å². The molecule has 1 rings (SSSR count). The number of carbonyl (C=O) groups is 1. The van der Waals surface area contributed by atoms with Gasteiger partial charge in [0.25, 0.3) is 0 Å². The minimum absolute atomic E-state index is 0.0313. The summed E-state index contributed by atoms with van der Waals surface area (Å²) in [6, 6.07) is 11.3. The summed E-state index contributed by atoms with van der Waals surface area (Å²) in [5.41, 5.74) is 0.302. The summed E-state index contributed by atoms with van der Waals surface area (Å²) >= 11 is 0. The van der Waals surface area contributed by atoms with Crippen LogP contribution >= 0.6 is 0 Å². The van der Waals surface area contributed by atoms with Crippen LogP contribution in [0.4, 0.5) is 0 Å². The second-order valence-corrected chi connectivity index (χ2v) is 4.59. The lowest BCUT2D eigenvalue weighted by atomic mass is 9.80. The van der Waals surface area contributed by atoms with Gasteiger partial charge >= 0.3 is 0 Å². The van der Waals surface area contributed by atoms with Gasteiger partial charge in [0.15, 0.2) is 5.78 Å². The maximum atomic E-state index is 12.0. The monoisotopic (exact) mass is 201 g/mol. The second-order valence-electron chi connectivity index (χ2n) is 4.59. The predicted molar refractivity (Wildman–Crippen MR) is 59.3 cm³/mol. The van der Waals surface area contributed by atoms with Crippen LogP contribution in [0.1, 0.15) is 32.3 Å². The molecule has 0 aliphatic carbocycles. The molecular weight excluding hydrogens is 186 g/mol. The van der Waals surface area contributed by atoms with Gasteiger partial charge in [0, 0.05) is 5.41 Å². The smallest absolute Gasteiger partial charge is 0.159 e. The largest absolute Gasteiger partial charge is 0.297 e. The Kier molecular flexibility index (Phi) is 3.26. The van der Waals surface area contributed by atoms with Gasteiger partial charge in [0.05, 0.1) is 6.07 Å². The number of ketones is 1. The molecule has 2 heteroatoms. The zero-order chi connectivity index (χ0) is 11.5. The Morgan fingerprint density at radius 2 is 1.80 bits per heavy atom. The number of rotatable bonds is 2. The summed E-state index contributed by atoms with van der Waals surface area (Å²) in [4.78, 5) is 12.0. The maximum Gasteiger partial charge on any atom is 0.159 e. The van der Waals surface area contributed by atoms with Crippen molar-refractivity contribution in [2.24, 2.45) is 5.41 Å². The number of carbonyl (C=O) groups excluding carboxylic acids is 1. The van der Waals surface area contributed by atoms with Gasteiger partial charge in [-0.15, -0.1) is 0 Å². The molecule has 0 aromatic heterocycles. The van der Waals surface area contributed by atoms with Crippen LogP contribution < -0.4 is 0 Å². The normalized spacial score (nSPS) is 12.9. The van der Waals surface area contributed by atoms with Crippen molar-refractivity contribution >= 4 is 5.78 Å². The highest BCUT2D eigenvalue weighted by Gasteiger charge is 2.30. The van der Waals surface area contributed by atoms with E-state index in [1.165, 1.54) is 0 Å². The Morgan fingerprint density at radius 1 is 1.27 bits per heavy atom. The first-order valence-corrected chi connectivity index (χ1v) is 4.95. The minimum atomic E-state index is -0.647. The Bertz CT molecular complexity index is 381. The summed E-state index contributed by atoms with van der Waals surface area (Å²) in [7, 11) is 0. The third kappa shape index (κ3) is 2.66. The topological polar surface area (TPSA) is 40.9 Å². The second kappa shape index (κ2) is 4.27.